The summed E-state index contributed by atoms with van der Waals surface area (Å²) in [5.74, 6) is 0.931. The van der Waals surface area contributed by atoms with Crippen LogP contribution in [0.4, 0.5) is 5.69 Å². The van der Waals surface area contributed by atoms with Crippen molar-refractivity contribution in [3.63, 3.8) is 0 Å². The number of amides is 1. The molecular weight excluding hydrogens is 328 g/mol. The maximum absolute atomic E-state index is 13.0. The minimum atomic E-state index is -0.801. The van der Waals surface area contributed by atoms with Crippen molar-refractivity contribution >= 4 is 11.6 Å². The van der Waals surface area contributed by atoms with Gasteiger partial charge in [0.25, 0.3) is 5.91 Å². The van der Waals surface area contributed by atoms with Crippen LogP contribution < -0.4 is 10.1 Å². The van der Waals surface area contributed by atoms with Gasteiger partial charge in [-0.25, -0.2) is 0 Å². The molecule has 5 heteroatoms. The number of carbonyl (C=O) groups excluding carboxylic acids is 1. The monoisotopic (exact) mass is 358 g/mol. The second-order valence-corrected chi connectivity index (χ2v) is 7.24. The van der Waals surface area contributed by atoms with Crippen LogP contribution in [-0.4, -0.2) is 24.2 Å². The number of nitrogens with zero attached hydrogens (tertiary/aromatic N) is 1. The molecule has 5 nitrogen and oxygen atoms in total. The third-order valence-electron chi connectivity index (χ3n) is 5.06. The summed E-state index contributed by atoms with van der Waals surface area (Å²) in [5.41, 5.74) is 0.103. The molecule has 142 valence electrons. The smallest absolute Gasteiger partial charge is 0.256 e. The Bertz CT molecular complexity index is 664. The van der Waals surface area contributed by atoms with Crippen LogP contribution in [0.1, 0.15) is 65.4 Å². The zero-order chi connectivity index (χ0) is 19.2. The highest BCUT2D eigenvalue weighted by molar-refractivity contribution is 5.98. The topological polar surface area (TPSA) is 71.3 Å². The Labute approximate surface area is 156 Å². The van der Waals surface area contributed by atoms with Gasteiger partial charge < -0.3 is 14.8 Å². The standard InChI is InChI=1S/C21H30N2O3/c1-5-16(4)26-18-9-10-19(17(12-18)14-22)23-20(24)21(25-6-2)11-7-8-15(3)13-21/h9-10,12,15-16H,5-8,11,13H2,1-4H3,(H,23,24)/t15-,16-,21-/m1/s1. The summed E-state index contributed by atoms with van der Waals surface area (Å²) in [6, 6.07) is 7.36. The lowest BCUT2D eigenvalue weighted by molar-refractivity contribution is -0.147. The molecule has 0 aromatic heterocycles. The maximum atomic E-state index is 13.0. The van der Waals surface area contributed by atoms with Gasteiger partial charge in [0, 0.05) is 12.7 Å². The molecule has 3 atom stereocenters. The molecule has 1 fully saturated rings. The normalized spacial score (nSPS) is 23.7. The Morgan fingerprint density at radius 3 is 2.85 bits per heavy atom. The van der Waals surface area contributed by atoms with Crippen molar-refractivity contribution in [2.24, 2.45) is 5.92 Å². The lowest BCUT2D eigenvalue weighted by atomic mass is 9.78. The Morgan fingerprint density at radius 1 is 1.46 bits per heavy atom. The van der Waals surface area contributed by atoms with Crippen molar-refractivity contribution in [3.05, 3.63) is 23.8 Å². The van der Waals surface area contributed by atoms with E-state index in [2.05, 4.69) is 18.3 Å². The molecule has 1 amide bonds. The van der Waals surface area contributed by atoms with Crippen LogP contribution in [0, 0.1) is 17.2 Å². The average Bonchev–Trinajstić information content (AvgIpc) is 2.62. The van der Waals surface area contributed by atoms with E-state index in [9.17, 15) is 10.1 Å². The molecule has 0 saturated heterocycles. The van der Waals surface area contributed by atoms with Crippen LogP contribution in [-0.2, 0) is 9.53 Å². The summed E-state index contributed by atoms with van der Waals surface area (Å²) in [7, 11) is 0. The molecule has 1 aromatic carbocycles. The van der Waals surface area contributed by atoms with E-state index in [1.165, 1.54) is 0 Å². The number of hydrogen-bond donors (Lipinski definition) is 1. The minimum Gasteiger partial charge on any atom is -0.491 e. The van der Waals surface area contributed by atoms with E-state index < -0.39 is 5.60 Å². The highest BCUT2D eigenvalue weighted by Gasteiger charge is 2.42. The zero-order valence-corrected chi connectivity index (χ0v) is 16.3. The van der Waals surface area contributed by atoms with E-state index in [-0.39, 0.29) is 12.0 Å². The van der Waals surface area contributed by atoms with E-state index in [4.69, 9.17) is 9.47 Å². The van der Waals surface area contributed by atoms with Gasteiger partial charge in [0.05, 0.1) is 17.4 Å². The van der Waals surface area contributed by atoms with Gasteiger partial charge in [-0.15, -0.1) is 0 Å². The molecule has 0 unspecified atom stereocenters. The van der Waals surface area contributed by atoms with Crippen molar-refractivity contribution in [3.8, 4) is 11.8 Å². The fraction of sp³-hybridized carbons (Fsp3) is 0.619. The largest absolute Gasteiger partial charge is 0.491 e. The molecule has 1 aliphatic rings. The van der Waals surface area contributed by atoms with Crippen molar-refractivity contribution in [1.29, 1.82) is 5.26 Å². The van der Waals surface area contributed by atoms with Crippen LogP contribution in [0.5, 0.6) is 5.75 Å². The van der Waals surface area contributed by atoms with Crippen molar-refractivity contribution in [2.45, 2.75) is 71.5 Å². The SMILES string of the molecule is CCO[C@]1(C(=O)Nc2ccc(O[C@H](C)CC)cc2C#N)CCC[C@@H](C)C1. The first-order valence-corrected chi connectivity index (χ1v) is 9.60. The first-order chi connectivity index (χ1) is 12.4. The van der Waals surface area contributed by atoms with Gasteiger partial charge in [-0.05, 0) is 57.6 Å². The van der Waals surface area contributed by atoms with E-state index in [1.807, 2.05) is 20.8 Å². The molecule has 2 rings (SSSR count). The molecular formula is C21H30N2O3. The highest BCUT2D eigenvalue weighted by atomic mass is 16.5. The average molecular weight is 358 g/mol. The molecule has 1 N–H and O–H groups in total. The predicted octanol–water partition coefficient (Wildman–Crippen LogP) is 4.66. The van der Waals surface area contributed by atoms with Gasteiger partial charge in [-0.1, -0.05) is 20.3 Å². The highest BCUT2D eigenvalue weighted by Crippen LogP contribution is 2.36. The molecule has 1 aromatic rings. The Morgan fingerprint density at radius 2 is 2.23 bits per heavy atom. The van der Waals surface area contributed by atoms with Crippen LogP contribution in [0.15, 0.2) is 18.2 Å². The molecule has 1 saturated carbocycles. The van der Waals surface area contributed by atoms with Gasteiger partial charge in [0.2, 0.25) is 0 Å². The molecule has 26 heavy (non-hydrogen) atoms. The number of benzene rings is 1. The fourth-order valence-electron chi connectivity index (χ4n) is 3.53. The second kappa shape index (κ2) is 9.05. The number of carbonyl (C=O) groups is 1. The number of nitrogens with one attached hydrogen (secondary N) is 1. The molecule has 0 radical (unpaired) electrons. The van der Waals surface area contributed by atoms with Crippen LogP contribution >= 0.6 is 0 Å². The maximum Gasteiger partial charge on any atom is 0.256 e. The number of hydrogen-bond acceptors (Lipinski definition) is 4. The molecule has 0 aliphatic heterocycles. The first kappa shape index (κ1) is 20.3. The molecule has 0 spiro atoms. The van der Waals surface area contributed by atoms with Gasteiger partial charge in [0.15, 0.2) is 0 Å². The lowest BCUT2D eigenvalue weighted by Crippen LogP contribution is -2.48. The van der Waals surface area contributed by atoms with E-state index >= 15 is 0 Å². The Kier molecular flexibility index (Phi) is 7.05. The quantitative estimate of drug-likeness (QED) is 0.769. The van der Waals surface area contributed by atoms with Gasteiger partial charge in [-0.3, -0.25) is 4.79 Å². The van der Waals surface area contributed by atoms with Gasteiger partial charge >= 0.3 is 0 Å². The predicted molar refractivity (Wildman–Crippen MR) is 102 cm³/mol. The van der Waals surface area contributed by atoms with Crippen LogP contribution in [0.2, 0.25) is 0 Å². The summed E-state index contributed by atoms with van der Waals surface area (Å²) in [6.07, 6.45) is 4.48. The summed E-state index contributed by atoms with van der Waals surface area (Å²) >= 11 is 0. The van der Waals surface area contributed by atoms with E-state index in [1.54, 1.807) is 18.2 Å². The number of rotatable bonds is 7. The summed E-state index contributed by atoms with van der Waals surface area (Å²) in [6.45, 7) is 8.59. The molecule has 0 bridgehead atoms. The Hall–Kier alpha value is -2.06. The van der Waals surface area contributed by atoms with Crippen molar-refractivity contribution < 1.29 is 14.3 Å². The number of anilines is 1. The third-order valence-corrected chi connectivity index (χ3v) is 5.06. The van der Waals surface area contributed by atoms with Crippen LogP contribution in [0.25, 0.3) is 0 Å². The van der Waals surface area contributed by atoms with Crippen LogP contribution in [0.3, 0.4) is 0 Å². The molecule has 1 aliphatic carbocycles. The summed E-state index contributed by atoms with van der Waals surface area (Å²) < 4.78 is 11.7. The first-order valence-electron chi connectivity index (χ1n) is 9.60. The summed E-state index contributed by atoms with van der Waals surface area (Å²) in [4.78, 5) is 13.0. The zero-order valence-electron chi connectivity index (χ0n) is 16.3. The van der Waals surface area contributed by atoms with E-state index in [0.29, 0.717) is 42.4 Å². The third kappa shape index (κ3) is 4.76. The van der Waals surface area contributed by atoms with E-state index in [0.717, 1.165) is 19.3 Å². The summed E-state index contributed by atoms with van der Waals surface area (Å²) in [5, 5.41) is 12.4. The number of ether oxygens (including phenoxy) is 2. The number of nitriles is 1. The fourth-order valence-corrected chi connectivity index (χ4v) is 3.53. The van der Waals surface area contributed by atoms with Gasteiger partial charge in [0.1, 0.15) is 17.4 Å². The van der Waals surface area contributed by atoms with Gasteiger partial charge in [-0.2, -0.15) is 5.26 Å². The minimum absolute atomic E-state index is 0.0759. The Balaban J connectivity index is 2.20. The molecule has 0 heterocycles. The van der Waals surface area contributed by atoms with Crippen molar-refractivity contribution in [1.82, 2.24) is 0 Å². The van der Waals surface area contributed by atoms with Crippen molar-refractivity contribution in [2.75, 3.05) is 11.9 Å². The lowest BCUT2D eigenvalue weighted by Gasteiger charge is -2.38. The second-order valence-electron chi connectivity index (χ2n) is 7.24.